The van der Waals surface area contributed by atoms with Gasteiger partial charge in [0, 0.05) is 24.1 Å². The first kappa shape index (κ1) is 15.9. The summed E-state index contributed by atoms with van der Waals surface area (Å²) in [5.41, 5.74) is -0.749. The third kappa shape index (κ3) is 2.34. The van der Waals surface area contributed by atoms with E-state index in [-0.39, 0.29) is 17.0 Å². The second kappa shape index (κ2) is 4.51. The van der Waals surface area contributed by atoms with Gasteiger partial charge < -0.3 is 4.90 Å². The van der Waals surface area contributed by atoms with Gasteiger partial charge in [0.25, 0.3) is 0 Å². The number of halogens is 6. The molecule has 21 heavy (non-hydrogen) atoms. The number of rotatable bonds is 0. The van der Waals surface area contributed by atoms with E-state index in [1.807, 2.05) is 0 Å². The van der Waals surface area contributed by atoms with Gasteiger partial charge in [0.05, 0.1) is 0 Å². The van der Waals surface area contributed by atoms with E-state index in [0.717, 1.165) is 16.5 Å². The fourth-order valence-electron chi connectivity index (χ4n) is 3.21. The molecule has 2 aliphatic rings. The number of alkyl halides is 6. The molecule has 0 radical (unpaired) electrons. The van der Waals surface area contributed by atoms with Crippen LogP contribution in [0.3, 0.4) is 0 Å². The summed E-state index contributed by atoms with van der Waals surface area (Å²) in [6.07, 6.45) is -9.83. The smallest absolute Gasteiger partial charge is 0.304 e. The minimum atomic E-state index is -4.56. The average Bonchev–Trinajstić information content (AvgIpc) is 2.47. The molecule has 0 spiro atoms. The summed E-state index contributed by atoms with van der Waals surface area (Å²) < 4.78 is 79.4. The van der Waals surface area contributed by atoms with Crippen LogP contribution >= 0.6 is 0 Å². The molecule has 1 heterocycles. The Kier molecular flexibility index (Phi) is 3.42. The summed E-state index contributed by atoms with van der Waals surface area (Å²) in [5.74, 6) is -0.980. The Hall–Kier alpha value is -1.47. The Bertz CT molecular complexity index is 564. The molecule has 118 valence electrons. The molecule has 0 aromatic carbocycles. The van der Waals surface area contributed by atoms with Gasteiger partial charge in [-0.25, -0.2) is 4.58 Å². The van der Waals surface area contributed by atoms with Gasteiger partial charge in [-0.05, 0) is 13.0 Å². The predicted octanol–water partition coefficient (Wildman–Crippen LogP) is 3.32. The maximum Gasteiger partial charge on any atom is 0.473 e. The van der Waals surface area contributed by atoms with Crippen molar-refractivity contribution in [2.75, 3.05) is 14.1 Å². The summed E-state index contributed by atoms with van der Waals surface area (Å²) in [5, 5.41) is 0. The quantitative estimate of drug-likeness (QED) is 0.491. The lowest BCUT2D eigenvalue weighted by atomic mass is 9.86. The Morgan fingerprint density at radius 2 is 1.67 bits per heavy atom. The highest BCUT2D eigenvalue weighted by atomic mass is 19.4. The van der Waals surface area contributed by atoms with Gasteiger partial charge in [-0.3, -0.25) is 0 Å². The van der Waals surface area contributed by atoms with E-state index in [4.69, 9.17) is 0 Å². The van der Waals surface area contributed by atoms with Crippen LogP contribution in [0, 0.1) is 5.92 Å². The summed E-state index contributed by atoms with van der Waals surface area (Å²) in [6, 6.07) is 0. The monoisotopic (exact) mass is 313 g/mol. The van der Waals surface area contributed by atoms with Gasteiger partial charge in [0.2, 0.25) is 5.71 Å². The third-order valence-electron chi connectivity index (χ3n) is 3.93. The van der Waals surface area contributed by atoms with Gasteiger partial charge in [-0.15, -0.1) is 0 Å². The van der Waals surface area contributed by atoms with Crippen molar-refractivity contribution in [1.29, 1.82) is 0 Å². The predicted molar refractivity (Wildman–Crippen MR) is 64.8 cm³/mol. The molecule has 0 bridgehead atoms. The molecule has 2 nitrogen and oxygen atoms in total. The topological polar surface area (TPSA) is 6.25 Å². The lowest BCUT2D eigenvalue weighted by molar-refractivity contribution is -0.588. The Labute approximate surface area is 118 Å². The summed E-state index contributed by atoms with van der Waals surface area (Å²) in [7, 11) is 2.41. The van der Waals surface area contributed by atoms with E-state index >= 15 is 0 Å². The van der Waals surface area contributed by atoms with Crippen LogP contribution in [0.1, 0.15) is 13.8 Å². The van der Waals surface area contributed by atoms with Gasteiger partial charge in [-0.1, -0.05) is 6.92 Å². The Morgan fingerprint density at radius 1 is 1.14 bits per heavy atom. The minimum absolute atomic E-state index is 0.00903. The molecule has 2 atom stereocenters. The van der Waals surface area contributed by atoms with Crippen molar-refractivity contribution in [3.8, 4) is 0 Å². The van der Waals surface area contributed by atoms with Crippen LogP contribution in [0.25, 0.3) is 0 Å². The van der Waals surface area contributed by atoms with Crippen LogP contribution in [0.15, 0.2) is 22.9 Å². The van der Waals surface area contributed by atoms with Crippen LogP contribution in [-0.2, 0) is 0 Å². The second-order valence-electron chi connectivity index (χ2n) is 5.36. The van der Waals surface area contributed by atoms with E-state index in [1.165, 1.54) is 27.0 Å². The normalized spacial score (nSPS) is 27.3. The molecule has 8 heteroatoms. The van der Waals surface area contributed by atoms with Crippen LogP contribution in [0.2, 0.25) is 0 Å². The van der Waals surface area contributed by atoms with Crippen molar-refractivity contribution in [1.82, 2.24) is 4.90 Å². The third-order valence-corrected chi connectivity index (χ3v) is 3.93. The van der Waals surface area contributed by atoms with Crippen molar-refractivity contribution < 1.29 is 30.9 Å². The fraction of sp³-hybridized carbons (Fsp3) is 0.615. The number of hydrogen-bond donors (Lipinski definition) is 0. The van der Waals surface area contributed by atoms with E-state index < -0.39 is 30.0 Å². The first-order valence-corrected chi connectivity index (χ1v) is 6.27. The first-order valence-electron chi connectivity index (χ1n) is 6.27. The van der Waals surface area contributed by atoms with Crippen molar-refractivity contribution in [2.45, 2.75) is 32.4 Å². The summed E-state index contributed by atoms with van der Waals surface area (Å²) in [6.45, 7) is 2.57. The molecular formula is C13H15F6N2+. The molecule has 1 aliphatic carbocycles. The summed E-state index contributed by atoms with van der Waals surface area (Å²) >= 11 is 0. The van der Waals surface area contributed by atoms with Crippen molar-refractivity contribution in [2.24, 2.45) is 5.92 Å². The van der Waals surface area contributed by atoms with Gasteiger partial charge >= 0.3 is 18.5 Å². The number of nitrogens with zero attached hydrogens (tertiary/aromatic N) is 2. The van der Waals surface area contributed by atoms with Crippen molar-refractivity contribution in [3.63, 3.8) is 0 Å². The summed E-state index contributed by atoms with van der Waals surface area (Å²) in [4.78, 5) is 0.975. The zero-order valence-electron chi connectivity index (χ0n) is 11.9. The number of hydrogen-bond acceptors (Lipinski definition) is 1. The molecule has 2 unspecified atom stereocenters. The second-order valence-corrected chi connectivity index (χ2v) is 5.36. The lowest BCUT2D eigenvalue weighted by Gasteiger charge is -2.25. The van der Waals surface area contributed by atoms with Crippen LogP contribution < -0.4 is 0 Å². The number of allylic oxidation sites excluding steroid dienone is 3. The lowest BCUT2D eigenvalue weighted by Crippen LogP contribution is -2.45. The number of fused-ring (bicyclic) bond motifs is 1. The molecule has 0 saturated heterocycles. The molecule has 2 rings (SSSR count). The highest BCUT2D eigenvalue weighted by molar-refractivity contribution is 6.10. The zero-order valence-corrected chi connectivity index (χ0v) is 11.9. The van der Waals surface area contributed by atoms with E-state index in [2.05, 4.69) is 0 Å². The minimum Gasteiger partial charge on any atom is -0.304 e. The van der Waals surface area contributed by atoms with E-state index in [1.54, 1.807) is 0 Å². The van der Waals surface area contributed by atoms with Gasteiger partial charge in [0.1, 0.15) is 12.7 Å². The molecular weight excluding hydrogens is 298 g/mol. The zero-order chi connectivity index (χ0) is 16.3. The average molecular weight is 313 g/mol. The largest absolute Gasteiger partial charge is 0.473 e. The van der Waals surface area contributed by atoms with E-state index in [9.17, 15) is 26.3 Å². The molecule has 0 N–H and O–H groups in total. The molecule has 0 fully saturated rings. The molecule has 0 aromatic rings. The van der Waals surface area contributed by atoms with Crippen LogP contribution in [0.4, 0.5) is 26.3 Å². The van der Waals surface area contributed by atoms with Gasteiger partial charge in [0.15, 0.2) is 0 Å². The van der Waals surface area contributed by atoms with Crippen molar-refractivity contribution >= 4 is 5.71 Å². The van der Waals surface area contributed by atoms with Crippen molar-refractivity contribution in [3.05, 3.63) is 22.9 Å². The first-order chi connectivity index (χ1) is 9.37. The SMILES string of the molecule is CC1=C(C(F)(F)F)C(C)C=C2C1=[N+](C)C(C(F)(F)F)N2C. The maximum atomic E-state index is 13.1. The molecule has 0 saturated carbocycles. The highest BCUT2D eigenvalue weighted by Gasteiger charge is 2.58. The van der Waals surface area contributed by atoms with E-state index in [0.29, 0.717) is 0 Å². The standard InChI is InChI=1S/C13H15F6N2/c1-6-5-8-10(7(2)9(6)12(14,15)16)21(4)11(20(8)3)13(17,18)19/h5-6,11H,1-4H3/q+1. The Morgan fingerprint density at radius 3 is 2.10 bits per heavy atom. The van der Waals surface area contributed by atoms with Crippen LogP contribution in [0.5, 0.6) is 0 Å². The fourth-order valence-corrected chi connectivity index (χ4v) is 3.21. The molecule has 1 aliphatic heterocycles. The van der Waals surface area contributed by atoms with Gasteiger partial charge in [-0.2, -0.15) is 26.3 Å². The Balaban J connectivity index is 2.66. The highest BCUT2D eigenvalue weighted by Crippen LogP contribution is 2.42. The molecule has 0 aromatic heterocycles. The maximum absolute atomic E-state index is 13.1. The molecule has 0 amide bonds. The van der Waals surface area contributed by atoms with Crippen LogP contribution in [-0.4, -0.2) is 47.8 Å².